The number of thioether (sulfide) groups is 1. The third-order valence-corrected chi connectivity index (χ3v) is 5.57. The van der Waals surface area contributed by atoms with E-state index in [2.05, 4.69) is 22.0 Å². The minimum absolute atomic E-state index is 0.106. The Hall–Kier alpha value is -2.22. The van der Waals surface area contributed by atoms with Crippen LogP contribution in [-0.4, -0.2) is 41.5 Å². The van der Waals surface area contributed by atoms with Crippen LogP contribution in [0.3, 0.4) is 0 Å². The number of anilines is 2. The van der Waals surface area contributed by atoms with Crippen LogP contribution in [0.25, 0.3) is 6.08 Å². The maximum atomic E-state index is 12.7. The summed E-state index contributed by atoms with van der Waals surface area (Å²) in [6.45, 7) is 3.34. The number of pyridine rings is 1. The van der Waals surface area contributed by atoms with Gasteiger partial charge in [0, 0.05) is 25.0 Å². The molecule has 0 spiro atoms. The van der Waals surface area contributed by atoms with Crippen molar-refractivity contribution in [2.45, 2.75) is 0 Å². The lowest BCUT2D eigenvalue weighted by Gasteiger charge is -2.28. The van der Waals surface area contributed by atoms with Crippen LogP contribution < -0.4 is 9.80 Å². The van der Waals surface area contributed by atoms with Gasteiger partial charge in [-0.05, 0) is 35.9 Å². The van der Waals surface area contributed by atoms with Gasteiger partial charge in [0.25, 0.3) is 5.91 Å². The van der Waals surface area contributed by atoms with Gasteiger partial charge in [0.1, 0.15) is 0 Å². The molecule has 1 aromatic carbocycles. The number of aromatic nitrogens is 1. The van der Waals surface area contributed by atoms with Gasteiger partial charge >= 0.3 is 0 Å². The van der Waals surface area contributed by atoms with E-state index in [1.807, 2.05) is 24.3 Å². The molecule has 0 unspecified atom stereocenters. The molecular formula is C19H17N3O2S2. The third kappa shape index (κ3) is 3.51. The predicted octanol–water partition coefficient (Wildman–Crippen LogP) is 3.32. The number of hydrogen-bond acceptors (Lipinski definition) is 6. The highest BCUT2D eigenvalue weighted by atomic mass is 32.2. The molecular weight excluding hydrogens is 366 g/mol. The second-order valence-corrected chi connectivity index (χ2v) is 7.60. The van der Waals surface area contributed by atoms with E-state index in [1.54, 1.807) is 18.5 Å². The monoisotopic (exact) mass is 383 g/mol. The molecule has 0 N–H and O–H groups in total. The van der Waals surface area contributed by atoms with E-state index >= 15 is 0 Å². The molecule has 2 aliphatic rings. The molecule has 2 saturated heterocycles. The van der Waals surface area contributed by atoms with Gasteiger partial charge in [0.05, 0.1) is 30.0 Å². The lowest BCUT2D eigenvalue weighted by Crippen LogP contribution is -2.36. The van der Waals surface area contributed by atoms with E-state index in [0.717, 1.165) is 31.9 Å². The van der Waals surface area contributed by atoms with Crippen molar-refractivity contribution < 1.29 is 9.53 Å². The first-order valence-corrected chi connectivity index (χ1v) is 9.55. The van der Waals surface area contributed by atoms with Crippen molar-refractivity contribution in [2.24, 2.45) is 0 Å². The molecule has 5 nitrogen and oxygen atoms in total. The molecule has 0 radical (unpaired) electrons. The van der Waals surface area contributed by atoms with Crippen molar-refractivity contribution >= 4 is 51.7 Å². The van der Waals surface area contributed by atoms with Crippen LogP contribution in [0.15, 0.2) is 53.7 Å². The highest BCUT2D eigenvalue weighted by Crippen LogP contribution is 2.35. The Bertz CT molecular complexity index is 847. The fourth-order valence-corrected chi connectivity index (χ4v) is 4.23. The van der Waals surface area contributed by atoms with Crippen LogP contribution in [0.1, 0.15) is 5.56 Å². The van der Waals surface area contributed by atoms with E-state index in [-0.39, 0.29) is 5.91 Å². The van der Waals surface area contributed by atoms with Crippen molar-refractivity contribution in [3.63, 3.8) is 0 Å². The highest BCUT2D eigenvalue weighted by molar-refractivity contribution is 8.27. The Labute approximate surface area is 161 Å². The number of ether oxygens (including phenoxy) is 1. The minimum atomic E-state index is -0.106. The molecule has 4 rings (SSSR count). The van der Waals surface area contributed by atoms with Crippen molar-refractivity contribution in [1.82, 2.24) is 4.98 Å². The van der Waals surface area contributed by atoms with Gasteiger partial charge < -0.3 is 9.64 Å². The Morgan fingerprint density at radius 1 is 1.12 bits per heavy atom. The van der Waals surface area contributed by atoms with Crippen LogP contribution in [0.4, 0.5) is 11.4 Å². The Morgan fingerprint density at radius 3 is 2.58 bits per heavy atom. The summed E-state index contributed by atoms with van der Waals surface area (Å²) in [5.74, 6) is -0.106. The van der Waals surface area contributed by atoms with E-state index < -0.39 is 0 Å². The van der Waals surface area contributed by atoms with Crippen LogP contribution in [-0.2, 0) is 9.53 Å². The van der Waals surface area contributed by atoms with Gasteiger partial charge in [-0.3, -0.25) is 14.7 Å². The van der Waals surface area contributed by atoms with Crippen LogP contribution >= 0.6 is 24.0 Å². The number of rotatable bonds is 3. The Kier molecular flexibility index (Phi) is 5.01. The van der Waals surface area contributed by atoms with Gasteiger partial charge in [-0.15, -0.1) is 0 Å². The van der Waals surface area contributed by atoms with E-state index in [0.29, 0.717) is 14.9 Å². The van der Waals surface area contributed by atoms with Gasteiger partial charge in [0.2, 0.25) is 0 Å². The second kappa shape index (κ2) is 7.57. The summed E-state index contributed by atoms with van der Waals surface area (Å²) in [6.07, 6.45) is 5.20. The average molecular weight is 383 g/mol. The summed E-state index contributed by atoms with van der Waals surface area (Å²) >= 11 is 6.70. The number of amides is 1. The molecule has 132 valence electrons. The smallest absolute Gasteiger partial charge is 0.270 e. The zero-order valence-corrected chi connectivity index (χ0v) is 15.6. The van der Waals surface area contributed by atoms with Gasteiger partial charge in [-0.2, -0.15) is 0 Å². The number of hydrogen-bond donors (Lipinski definition) is 0. The average Bonchev–Trinajstić information content (AvgIpc) is 2.97. The number of morpholine rings is 1. The topological polar surface area (TPSA) is 45.7 Å². The molecule has 26 heavy (non-hydrogen) atoms. The van der Waals surface area contributed by atoms with Gasteiger partial charge in [-0.25, -0.2) is 0 Å². The van der Waals surface area contributed by atoms with E-state index in [4.69, 9.17) is 17.0 Å². The fourth-order valence-electron chi connectivity index (χ4n) is 2.93. The second-order valence-electron chi connectivity index (χ2n) is 5.92. The fraction of sp³-hybridized carbons (Fsp3) is 0.211. The molecule has 2 aromatic rings. The molecule has 0 bridgehead atoms. The quantitative estimate of drug-likeness (QED) is 0.599. The van der Waals surface area contributed by atoms with Gasteiger partial charge in [-0.1, -0.05) is 36.1 Å². The SMILES string of the molecule is O=C1/C(=C\c2ccc(N3CCOCC3)cc2)SC(=S)N1c1cccnc1. The molecule has 2 aliphatic heterocycles. The third-order valence-electron chi connectivity index (χ3n) is 4.26. The minimum Gasteiger partial charge on any atom is -0.378 e. The number of benzene rings is 1. The molecule has 0 atom stereocenters. The largest absolute Gasteiger partial charge is 0.378 e. The standard InChI is InChI=1S/C19H17N3O2S2/c23-18-17(26-19(25)22(18)16-2-1-7-20-13-16)12-14-3-5-15(6-4-14)21-8-10-24-11-9-21/h1-7,12-13H,8-11H2/b17-12+. The molecule has 1 amide bonds. The first kappa shape index (κ1) is 17.2. The molecule has 0 aliphatic carbocycles. The molecule has 2 fully saturated rings. The lowest BCUT2D eigenvalue weighted by atomic mass is 10.1. The lowest BCUT2D eigenvalue weighted by molar-refractivity contribution is -0.113. The summed E-state index contributed by atoms with van der Waals surface area (Å²) < 4.78 is 5.92. The van der Waals surface area contributed by atoms with Crippen molar-refractivity contribution in [1.29, 1.82) is 0 Å². The number of carbonyl (C=O) groups is 1. The summed E-state index contributed by atoms with van der Waals surface area (Å²) in [5.41, 5.74) is 2.85. The Morgan fingerprint density at radius 2 is 1.88 bits per heavy atom. The summed E-state index contributed by atoms with van der Waals surface area (Å²) in [6, 6.07) is 11.8. The first-order chi connectivity index (χ1) is 12.7. The number of nitrogens with zero attached hydrogens (tertiary/aromatic N) is 3. The van der Waals surface area contributed by atoms with Gasteiger partial charge in [0.15, 0.2) is 4.32 Å². The zero-order valence-electron chi connectivity index (χ0n) is 14.0. The van der Waals surface area contributed by atoms with E-state index in [1.165, 1.54) is 22.3 Å². The number of carbonyl (C=O) groups excluding carboxylic acids is 1. The Balaban J connectivity index is 1.53. The normalized spacial score (nSPS) is 19.5. The van der Waals surface area contributed by atoms with Crippen molar-refractivity contribution in [3.8, 4) is 0 Å². The molecule has 0 saturated carbocycles. The van der Waals surface area contributed by atoms with Crippen LogP contribution in [0.5, 0.6) is 0 Å². The molecule has 3 heterocycles. The number of thiocarbonyl (C=S) groups is 1. The van der Waals surface area contributed by atoms with E-state index in [9.17, 15) is 4.79 Å². The van der Waals surface area contributed by atoms with Crippen molar-refractivity contribution in [3.05, 3.63) is 59.3 Å². The highest BCUT2D eigenvalue weighted by Gasteiger charge is 2.33. The summed E-state index contributed by atoms with van der Waals surface area (Å²) in [5, 5.41) is 0. The zero-order chi connectivity index (χ0) is 17.9. The van der Waals surface area contributed by atoms with Crippen LogP contribution in [0.2, 0.25) is 0 Å². The molecule has 1 aromatic heterocycles. The summed E-state index contributed by atoms with van der Waals surface area (Å²) in [7, 11) is 0. The predicted molar refractivity (Wildman–Crippen MR) is 109 cm³/mol. The van der Waals surface area contributed by atoms with Crippen LogP contribution in [0, 0.1) is 0 Å². The molecule has 7 heteroatoms. The first-order valence-electron chi connectivity index (χ1n) is 8.33. The summed E-state index contributed by atoms with van der Waals surface area (Å²) in [4.78, 5) is 21.3. The van der Waals surface area contributed by atoms with Crippen molar-refractivity contribution in [2.75, 3.05) is 36.1 Å². The maximum Gasteiger partial charge on any atom is 0.270 e. The maximum absolute atomic E-state index is 12.7.